The molecule has 2 saturated heterocycles. The maximum atomic E-state index is 14.8. The summed E-state index contributed by atoms with van der Waals surface area (Å²) in [5.41, 5.74) is 4.28. The smallest absolute Gasteiger partial charge is 0.415 e. The molecule has 0 bridgehead atoms. The SMILES string of the molecule is CC(C)(C)OC(=O)C1[C@H]2CN(c3c(F)cc(N4C[C@H](C(N)=O)OC4=O)cc3F)C[C@@H]12. The molecule has 4 rings (SSSR count). The van der Waals surface area contributed by atoms with E-state index in [0.29, 0.717) is 13.1 Å². The molecule has 2 heterocycles. The number of cyclic esters (lactones) is 1. The third kappa shape index (κ3) is 3.54. The lowest BCUT2D eigenvalue weighted by Crippen LogP contribution is -2.33. The average molecular weight is 423 g/mol. The van der Waals surface area contributed by atoms with Gasteiger partial charge >= 0.3 is 12.1 Å². The number of hydrogen-bond acceptors (Lipinski definition) is 6. The van der Waals surface area contributed by atoms with Gasteiger partial charge in [-0.25, -0.2) is 13.6 Å². The van der Waals surface area contributed by atoms with E-state index < -0.39 is 35.3 Å². The summed E-state index contributed by atoms with van der Waals surface area (Å²) in [7, 11) is 0. The molecule has 2 amide bonds. The molecule has 3 fully saturated rings. The zero-order chi connectivity index (χ0) is 22.0. The van der Waals surface area contributed by atoms with Gasteiger partial charge in [-0.15, -0.1) is 0 Å². The number of esters is 1. The highest BCUT2D eigenvalue weighted by Gasteiger charge is 2.61. The Bertz CT molecular complexity index is 897. The van der Waals surface area contributed by atoms with Crippen LogP contribution in [0.4, 0.5) is 25.0 Å². The number of amides is 2. The summed E-state index contributed by atoms with van der Waals surface area (Å²) < 4.78 is 39.8. The Labute approximate surface area is 171 Å². The zero-order valence-electron chi connectivity index (χ0n) is 16.9. The fraction of sp³-hybridized carbons (Fsp3) is 0.550. The van der Waals surface area contributed by atoms with E-state index >= 15 is 0 Å². The summed E-state index contributed by atoms with van der Waals surface area (Å²) in [5.74, 6) is -3.02. The van der Waals surface area contributed by atoms with Crippen LogP contribution in [0.3, 0.4) is 0 Å². The fourth-order valence-corrected chi connectivity index (χ4v) is 4.26. The quantitative estimate of drug-likeness (QED) is 0.741. The number of nitrogens with two attached hydrogens (primary N) is 1. The number of nitrogens with zero attached hydrogens (tertiary/aromatic N) is 2. The van der Waals surface area contributed by atoms with Crippen LogP contribution in [0.1, 0.15) is 20.8 Å². The van der Waals surface area contributed by atoms with Gasteiger partial charge < -0.3 is 20.1 Å². The van der Waals surface area contributed by atoms with E-state index in [1.165, 1.54) is 0 Å². The van der Waals surface area contributed by atoms with E-state index in [4.69, 9.17) is 15.2 Å². The first-order valence-electron chi connectivity index (χ1n) is 9.70. The molecule has 10 heteroatoms. The van der Waals surface area contributed by atoms with Crippen LogP contribution in [0.2, 0.25) is 0 Å². The van der Waals surface area contributed by atoms with Crippen LogP contribution >= 0.6 is 0 Å². The lowest BCUT2D eigenvalue weighted by Gasteiger charge is -2.25. The van der Waals surface area contributed by atoms with E-state index in [1.54, 1.807) is 25.7 Å². The Morgan fingerprint density at radius 2 is 1.70 bits per heavy atom. The first kappa shape index (κ1) is 20.4. The van der Waals surface area contributed by atoms with Crippen LogP contribution in [-0.2, 0) is 19.1 Å². The van der Waals surface area contributed by atoms with Gasteiger partial charge in [0.25, 0.3) is 5.91 Å². The predicted octanol–water partition coefficient (Wildman–Crippen LogP) is 1.80. The highest BCUT2D eigenvalue weighted by Crippen LogP contribution is 2.54. The molecule has 0 aromatic heterocycles. The number of hydrogen-bond donors (Lipinski definition) is 1. The van der Waals surface area contributed by atoms with Crippen molar-refractivity contribution in [3.05, 3.63) is 23.8 Å². The molecule has 2 aliphatic heterocycles. The van der Waals surface area contributed by atoms with Crippen molar-refractivity contribution in [2.24, 2.45) is 23.5 Å². The van der Waals surface area contributed by atoms with Crippen molar-refractivity contribution in [1.29, 1.82) is 0 Å². The third-order valence-electron chi connectivity index (χ3n) is 5.63. The lowest BCUT2D eigenvalue weighted by atomic mass is 10.1. The molecular weight excluding hydrogens is 400 g/mol. The maximum Gasteiger partial charge on any atom is 0.415 e. The highest BCUT2D eigenvalue weighted by molar-refractivity contribution is 5.95. The molecule has 1 aliphatic carbocycles. The second kappa shape index (κ2) is 6.82. The molecular formula is C20H23F2N3O5. The van der Waals surface area contributed by atoms with Gasteiger partial charge in [-0.05, 0) is 32.6 Å². The van der Waals surface area contributed by atoms with Gasteiger partial charge in [-0.3, -0.25) is 14.5 Å². The third-order valence-corrected chi connectivity index (χ3v) is 5.63. The Morgan fingerprint density at radius 3 is 2.17 bits per heavy atom. The van der Waals surface area contributed by atoms with E-state index in [0.717, 1.165) is 17.0 Å². The molecule has 8 nitrogen and oxygen atoms in total. The number of fused-ring (bicyclic) bond motifs is 1. The van der Waals surface area contributed by atoms with Crippen molar-refractivity contribution >= 4 is 29.3 Å². The number of carbonyl (C=O) groups excluding carboxylic acids is 3. The fourth-order valence-electron chi connectivity index (χ4n) is 4.26. The van der Waals surface area contributed by atoms with E-state index in [2.05, 4.69) is 0 Å². The van der Waals surface area contributed by atoms with Crippen molar-refractivity contribution in [2.75, 3.05) is 29.4 Å². The van der Waals surface area contributed by atoms with Crippen molar-refractivity contribution in [3.8, 4) is 0 Å². The Kier molecular flexibility index (Phi) is 4.63. The topological polar surface area (TPSA) is 102 Å². The number of piperidine rings is 1. The van der Waals surface area contributed by atoms with Crippen LogP contribution in [-0.4, -0.2) is 49.3 Å². The van der Waals surface area contributed by atoms with Crippen LogP contribution in [0.5, 0.6) is 0 Å². The van der Waals surface area contributed by atoms with Gasteiger partial charge in [0.15, 0.2) is 17.7 Å². The molecule has 1 aromatic rings. The second-order valence-corrected chi connectivity index (χ2v) is 8.94. The molecule has 0 spiro atoms. The molecule has 4 atom stereocenters. The van der Waals surface area contributed by atoms with Crippen molar-refractivity contribution in [2.45, 2.75) is 32.5 Å². The Balaban J connectivity index is 1.46. The lowest BCUT2D eigenvalue weighted by molar-refractivity contribution is -0.157. The Hall–Kier alpha value is -2.91. The summed E-state index contributed by atoms with van der Waals surface area (Å²) in [6, 6.07) is 2.05. The molecule has 1 saturated carbocycles. The van der Waals surface area contributed by atoms with E-state index in [9.17, 15) is 23.2 Å². The standard InChI is InChI=1S/C20H23F2N3O5/c1-20(2,3)30-18(27)15-10-6-24(7-11(10)15)16-12(21)4-9(5-13(16)22)25-8-14(17(23)26)29-19(25)28/h4-5,10-11,14-15H,6-8H2,1-3H3,(H2,23,26)/t10-,11+,14-,15?/m1/s1. The van der Waals surface area contributed by atoms with Crippen molar-refractivity contribution in [3.63, 3.8) is 0 Å². The molecule has 1 aromatic carbocycles. The van der Waals surface area contributed by atoms with Gasteiger partial charge in [-0.2, -0.15) is 0 Å². The largest absolute Gasteiger partial charge is 0.460 e. The van der Waals surface area contributed by atoms with Gasteiger partial charge in [0.1, 0.15) is 11.3 Å². The van der Waals surface area contributed by atoms with Gasteiger partial charge in [-0.1, -0.05) is 0 Å². The monoisotopic (exact) mass is 423 g/mol. The number of carbonyl (C=O) groups is 3. The summed E-state index contributed by atoms with van der Waals surface area (Å²) in [4.78, 5) is 37.9. The van der Waals surface area contributed by atoms with Crippen molar-refractivity contribution < 1.29 is 32.6 Å². The summed E-state index contributed by atoms with van der Waals surface area (Å²) in [5, 5.41) is 0. The summed E-state index contributed by atoms with van der Waals surface area (Å²) >= 11 is 0. The number of halogens is 2. The van der Waals surface area contributed by atoms with Gasteiger partial charge in [0.05, 0.1) is 18.2 Å². The molecule has 162 valence electrons. The first-order valence-corrected chi connectivity index (χ1v) is 9.70. The minimum Gasteiger partial charge on any atom is -0.460 e. The van der Waals surface area contributed by atoms with Crippen LogP contribution in [0.15, 0.2) is 12.1 Å². The van der Waals surface area contributed by atoms with E-state index in [1.807, 2.05) is 0 Å². The molecule has 1 unspecified atom stereocenters. The number of benzene rings is 1. The summed E-state index contributed by atoms with van der Waals surface area (Å²) in [6.07, 6.45) is -2.06. The number of anilines is 2. The van der Waals surface area contributed by atoms with Crippen LogP contribution < -0.4 is 15.5 Å². The minimum absolute atomic E-state index is 0.00297. The normalized spacial score (nSPS) is 27.7. The van der Waals surface area contributed by atoms with Crippen LogP contribution in [0.25, 0.3) is 0 Å². The molecule has 30 heavy (non-hydrogen) atoms. The summed E-state index contributed by atoms with van der Waals surface area (Å²) in [6.45, 7) is 5.86. The van der Waals surface area contributed by atoms with Gasteiger partial charge in [0.2, 0.25) is 0 Å². The minimum atomic E-state index is -1.17. The highest BCUT2D eigenvalue weighted by atomic mass is 19.1. The van der Waals surface area contributed by atoms with Crippen molar-refractivity contribution in [1.82, 2.24) is 0 Å². The number of rotatable bonds is 4. The maximum absolute atomic E-state index is 14.8. The number of ether oxygens (including phenoxy) is 2. The number of primary amides is 1. The molecule has 0 radical (unpaired) electrons. The van der Waals surface area contributed by atoms with Crippen LogP contribution in [0, 0.1) is 29.4 Å². The van der Waals surface area contributed by atoms with E-state index in [-0.39, 0.29) is 41.6 Å². The Morgan fingerprint density at radius 1 is 1.13 bits per heavy atom. The zero-order valence-corrected chi connectivity index (χ0v) is 16.9. The second-order valence-electron chi connectivity index (χ2n) is 8.94. The predicted molar refractivity (Wildman–Crippen MR) is 102 cm³/mol. The molecule has 2 N–H and O–H groups in total. The molecule has 3 aliphatic rings. The first-order chi connectivity index (χ1) is 14.0. The average Bonchev–Trinajstić information content (AvgIpc) is 2.94. The van der Waals surface area contributed by atoms with Gasteiger partial charge in [0, 0.05) is 25.2 Å².